The molecule has 2 aliphatic rings. The second kappa shape index (κ2) is 8.55. The summed E-state index contributed by atoms with van der Waals surface area (Å²) >= 11 is 0. The first kappa shape index (κ1) is 19.8. The molecule has 3 aromatic rings. The quantitative estimate of drug-likeness (QED) is 0.634. The van der Waals surface area contributed by atoms with Crippen LogP contribution in [0.15, 0.2) is 90.4 Å². The number of carbonyl (C=O) groups is 2. The van der Waals surface area contributed by atoms with Crippen molar-refractivity contribution >= 4 is 11.9 Å². The Morgan fingerprint density at radius 2 is 1.75 bits per heavy atom. The molecule has 0 spiro atoms. The van der Waals surface area contributed by atoms with Crippen molar-refractivity contribution in [3.63, 3.8) is 0 Å². The van der Waals surface area contributed by atoms with Gasteiger partial charge in [-0.3, -0.25) is 9.78 Å². The number of amides is 3. The van der Waals surface area contributed by atoms with Crippen molar-refractivity contribution in [2.75, 3.05) is 6.54 Å². The molecule has 2 N–H and O–H groups in total. The fraction of sp³-hybridized carbons (Fsp3) is 0.160. The lowest BCUT2D eigenvalue weighted by Gasteiger charge is -2.25. The van der Waals surface area contributed by atoms with E-state index in [1.54, 1.807) is 17.3 Å². The van der Waals surface area contributed by atoms with Gasteiger partial charge in [-0.05, 0) is 34.9 Å². The third-order valence-corrected chi connectivity index (χ3v) is 5.58. The van der Waals surface area contributed by atoms with Gasteiger partial charge in [-0.25, -0.2) is 4.79 Å². The highest BCUT2D eigenvalue weighted by atomic mass is 16.5. The van der Waals surface area contributed by atoms with Crippen LogP contribution in [0.3, 0.4) is 0 Å². The van der Waals surface area contributed by atoms with Gasteiger partial charge in [0.05, 0.1) is 23.9 Å². The molecule has 2 aromatic carbocycles. The van der Waals surface area contributed by atoms with Crippen molar-refractivity contribution in [1.82, 2.24) is 20.5 Å². The molecule has 160 valence electrons. The van der Waals surface area contributed by atoms with E-state index in [9.17, 15) is 9.59 Å². The number of ether oxygens (including phenoxy) is 1. The summed E-state index contributed by atoms with van der Waals surface area (Å²) in [4.78, 5) is 31.3. The van der Waals surface area contributed by atoms with Gasteiger partial charge in [0, 0.05) is 18.9 Å². The maximum Gasteiger partial charge on any atom is 0.319 e. The highest BCUT2D eigenvalue weighted by Crippen LogP contribution is 2.33. The molecular formula is C25H22N4O3. The van der Waals surface area contributed by atoms with Crippen LogP contribution in [0.1, 0.15) is 22.7 Å². The van der Waals surface area contributed by atoms with E-state index in [0.717, 1.165) is 22.4 Å². The lowest BCUT2D eigenvalue weighted by molar-refractivity contribution is -0.126. The number of carbonyl (C=O) groups excluding carboxylic acids is 2. The molecule has 1 aromatic heterocycles. The molecule has 0 bridgehead atoms. The summed E-state index contributed by atoms with van der Waals surface area (Å²) < 4.78 is 5.85. The first-order chi connectivity index (χ1) is 15.7. The van der Waals surface area contributed by atoms with E-state index in [2.05, 4.69) is 15.6 Å². The van der Waals surface area contributed by atoms with Crippen LogP contribution in [0.4, 0.5) is 4.79 Å². The van der Waals surface area contributed by atoms with E-state index in [1.807, 2.05) is 66.7 Å². The Morgan fingerprint density at radius 3 is 2.50 bits per heavy atom. The highest BCUT2D eigenvalue weighted by molar-refractivity contribution is 6.01. The molecule has 0 saturated heterocycles. The average molecular weight is 426 g/mol. The standard InChI is InChI=1S/C25H22N4O3/c30-24-22-21(15-29(24)14-18-7-4-12-26-13-18)27-25(31)28-23(22)19-8-10-20(11-9-19)32-16-17-5-2-1-3-6-17/h1-13,23H,14-16H2,(H2,27,28,31). The Morgan fingerprint density at radius 1 is 0.969 bits per heavy atom. The predicted molar refractivity (Wildman–Crippen MR) is 118 cm³/mol. The van der Waals surface area contributed by atoms with Gasteiger partial charge < -0.3 is 20.3 Å². The second-order valence-corrected chi connectivity index (χ2v) is 7.79. The van der Waals surface area contributed by atoms with Gasteiger partial charge in [-0.2, -0.15) is 0 Å². The van der Waals surface area contributed by atoms with Crippen molar-refractivity contribution in [2.45, 2.75) is 19.2 Å². The number of rotatable bonds is 6. The van der Waals surface area contributed by atoms with Crippen molar-refractivity contribution in [3.8, 4) is 5.75 Å². The summed E-state index contributed by atoms with van der Waals surface area (Å²) in [5.74, 6) is 0.633. The maximum absolute atomic E-state index is 13.2. The predicted octanol–water partition coefficient (Wildman–Crippen LogP) is 3.31. The monoisotopic (exact) mass is 426 g/mol. The van der Waals surface area contributed by atoms with Gasteiger partial charge in [0.2, 0.25) is 0 Å². The number of pyridine rings is 1. The highest BCUT2D eigenvalue weighted by Gasteiger charge is 2.40. The molecule has 0 fully saturated rings. The van der Waals surface area contributed by atoms with Crippen LogP contribution in [0.2, 0.25) is 0 Å². The number of nitrogens with one attached hydrogen (secondary N) is 2. The van der Waals surface area contributed by atoms with Crippen LogP contribution in [0, 0.1) is 0 Å². The molecule has 1 unspecified atom stereocenters. The second-order valence-electron chi connectivity index (χ2n) is 7.79. The number of nitrogens with zero attached hydrogens (tertiary/aromatic N) is 2. The summed E-state index contributed by atoms with van der Waals surface area (Å²) in [5, 5.41) is 5.69. The maximum atomic E-state index is 13.2. The molecule has 32 heavy (non-hydrogen) atoms. The Labute approximate surface area is 185 Å². The van der Waals surface area contributed by atoms with Crippen LogP contribution >= 0.6 is 0 Å². The number of hydrogen-bond donors (Lipinski definition) is 2. The summed E-state index contributed by atoms with van der Waals surface area (Å²) in [6.45, 7) is 1.28. The smallest absolute Gasteiger partial charge is 0.319 e. The minimum atomic E-state index is -0.506. The summed E-state index contributed by atoms with van der Waals surface area (Å²) in [7, 11) is 0. The fourth-order valence-electron chi connectivity index (χ4n) is 4.02. The molecule has 7 heteroatoms. The van der Waals surface area contributed by atoms with Crippen LogP contribution in [-0.4, -0.2) is 28.4 Å². The van der Waals surface area contributed by atoms with Gasteiger partial charge in [0.25, 0.3) is 5.91 Å². The van der Waals surface area contributed by atoms with Gasteiger partial charge >= 0.3 is 6.03 Å². The summed E-state index contributed by atoms with van der Waals surface area (Å²) in [6.07, 6.45) is 3.44. The molecule has 0 saturated carbocycles. The molecule has 3 amide bonds. The number of hydrogen-bond acceptors (Lipinski definition) is 4. The topological polar surface area (TPSA) is 83.6 Å². The largest absolute Gasteiger partial charge is 0.489 e. The normalized spacial score (nSPS) is 17.6. The fourth-order valence-corrected chi connectivity index (χ4v) is 4.02. The van der Waals surface area contributed by atoms with Crippen LogP contribution in [-0.2, 0) is 17.9 Å². The number of urea groups is 1. The van der Waals surface area contributed by atoms with Crippen LogP contribution in [0.5, 0.6) is 5.75 Å². The third kappa shape index (κ3) is 4.05. The van der Waals surface area contributed by atoms with Crippen LogP contribution < -0.4 is 15.4 Å². The number of benzene rings is 2. The Hall–Kier alpha value is -4.13. The lowest BCUT2D eigenvalue weighted by atomic mass is 9.96. The van der Waals surface area contributed by atoms with E-state index >= 15 is 0 Å². The minimum Gasteiger partial charge on any atom is -0.489 e. The van der Waals surface area contributed by atoms with Gasteiger partial charge in [-0.15, -0.1) is 0 Å². The van der Waals surface area contributed by atoms with E-state index in [-0.39, 0.29) is 11.9 Å². The van der Waals surface area contributed by atoms with Crippen molar-refractivity contribution in [1.29, 1.82) is 0 Å². The van der Waals surface area contributed by atoms with Gasteiger partial charge in [0.1, 0.15) is 12.4 Å². The first-order valence-electron chi connectivity index (χ1n) is 10.4. The minimum absolute atomic E-state index is 0.0919. The zero-order valence-electron chi connectivity index (χ0n) is 17.3. The Balaban J connectivity index is 1.32. The molecule has 2 aliphatic heterocycles. The van der Waals surface area contributed by atoms with E-state index in [1.165, 1.54) is 0 Å². The van der Waals surface area contributed by atoms with E-state index in [0.29, 0.717) is 31.0 Å². The first-order valence-corrected chi connectivity index (χ1v) is 10.4. The number of aromatic nitrogens is 1. The molecule has 0 aliphatic carbocycles. The molecule has 0 radical (unpaired) electrons. The molecule has 7 nitrogen and oxygen atoms in total. The zero-order valence-corrected chi connectivity index (χ0v) is 17.3. The van der Waals surface area contributed by atoms with E-state index < -0.39 is 6.04 Å². The third-order valence-electron chi connectivity index (χ3n) is 5.58. The van der Waals surface area contributed by atoms with E-state index in [4.69, 9.17) is 4.74 Å². The molecule has 5 rings (SSSR count). The molecular weight excluding hydrogens is 404 g/mol. The zero-order chi connectivity index (χ0) is 21.9. The van der Waals surface area contributed by atoms with Gasteiger partial charge in [-0.1, -0.05) is 48.5 Å². The van der Waals surface area contributed by atoms with Crippen molar-refractivity contribution in [2.24, 2.45) is 0 Å². The Kier molecular flexibility index (Phi) is 5.29. The van der Waals surface area contributed by atoms with Crippen molar-refractivity contribution in [3.05, 3.63) is 107 Å². The molecule has 1 atom stereocenters. The Bertz CT molecular complexity index is 1160. The molecule has 3 heterocycles. The SMILES string of the molecule is O=C1NC2=C(C(=O)N(Cc3cccnc3)C2)C(c2ccc(OCc3ccccc3)cc2)N1. The summed E-state index contributed by atoms with van der Waals surface area (Å²) in [6, 6.07) is 20.4. The van der Waals surface area contributed by atoms with Gasteiger partial charge in [0.15, 0.2) is 0 Å². The average Bonchev–Trinajstić information content (AvgIpc) is 3.13. The summed E-state index contributed by atoms with van der Waals surface area (Å²) in [5.41, 5.74) is 4.08. The van der Waals surface area contributed by atoms with Crippen LogP contribution in [0.25, 0.3) is 0 Å². The lowest BCUT2D eigenvalue weighted by Crippen LogP contribution is -2.44. The van der Waals surface area contributed by atoms with Crippen molar-refractivity contribution < 1.29 is 14.3 Å².